The average Bonchev–Trinajstić information content (AvgIpc) is 2.42. The van der Waals surface area contributed by atoms with Gasteiger partial charge < -0.3 is 9.47 Å². The molecule has 1 saturated heterocycles. The molecule has 0 amide bonds. The van der Waals surface area contributed by atoms with Crippen LogP contribution in [0.3, 0.4) is 0 Å². The Morgan fingerprint density at radius 3 is 1.91 bits per heavy atom. The molecule has 0 aromatic rings. The maximum atomic E-state index is 12.4. The number of carbonyl (C=O) groups excluding carboxylic acids is 2. The second-order valence-electron chi connectivity index (χ2n) is 8.21. The van der Waals surface area contributed by atoms with Crippen LogP contribution in [0.15, 0.2) is 0 Å². The predicted octanol–water partition coefficient (Wildman–Crippen LogP) is 3.02. The second-order valence-corrected chi connectivity index (χ2v) is 8.21. The Balaban J connectivity index is 2.65. The fourth-order valence-corrected chi connectivity index (χ4v) is 3.57. The first-order valence-corrected chi connectivity index (χ1v) is 8.43. The van der Waals surface area contributed by atoms with E-state index in [2.05, 4.69) is 39.6 Å². The van der Waals surface area contributed by atoms with Crippen LogP contribution in [-0.4, -0.2) is 48.2 Å². The van der Waals surface area contributed by atoms with Gasteiger partial charge in [0, 0.05) is 23.9 Å². The Kier molecular flexibility index (Phi) is 6.25. The van der Waals surface area contributed by atoms with Gasteiger partial charge in [0.1, 0.15) is 6.10 Å². The van der Waals surface area contributed by atoms with Crippen molar-refractivity contribution in [3.63, 3.8) is 0 Å². The van der Waals surface area contributed by atoms with E-state index in [0.717, 1.165) is 12.8 Å². The highest BCUT2D eigenvalue weighted by Crippen LogP contribution is 2.38. The molecule has 0 N–H and O–H groups in total. The molecule has 0 bridgehead atoms. The third-order valence-corrected chi connectivity index (χ3v) is 5.27. The van der Waals surface area contributed by atoms with Gasteiger partial charge in [0.2, 0.25) is 0 Å². The lowest BCUT2D eigenvalue weighted by Gasteiger charge is -2.53. The first-order chi connectivity index (χ1) is 10.4. The first-order valence-electron chi connectivity index (χ1n) is 8.43. The highest BCUT2D eigenvalue weighted by atomic mass is 16.5. The molecule has 1 aliphatic heterocycles. The van der Waals surface area contributed by atoms with Gasteiger partial charge >= 0.3 is 11.9 Å². The number of likely N-dealkylation sites (tertiary alicyclic amines) is 1. The molecular weight excluding hydrogens is 294 g/mol. The standard InChI is InChI=1S/C18H33NO4/c1-12(15(20)22-8)9-13(2)16(21)23-14-10-17(3,4)19(7)18(5,6)11-14/h12-14H,9-11H2,1-8H3. The summed E-state index contributed by atoms with van der Waals surface area (Å²) in [6.07, 6.45) is 2.00. The van der Waals surface area contributed by atoms with Crippen LogP contribution in [0.5, 0.6) is 0 Å². The summed E-state index contributed by atoms with van der Waals surface area (Å²) in [7, 11) is 3.49. The van der Waals surface area contributed by atoms with Gasteiger partial charge in [-0.05, 0) is 41.2 Å². The average molecular weight is 327 g/mol. The largest absolute Gasteiger partial charge is 0.469 e. The summed E-state index contributed by atoms with van der Waals surface area (Å²) in [6, 6.07) is 0. The minimum absolute atomic E-state index is 0.0186. The molecule has 0 aromatic carbocycles. The van der Waals surface area contributed by atoms with E-state index in [1.165, 1.54) is 7.11 Å². The molecule has 0 aromatic heterocycles. The normalized spacial score (nSPS) is 23.8. The van der Waals surface area contributed by atoms with Crippen LogP contribution in [0.2, 0.25) is 0 Å². The summed E-state index contributed by atoms with van der Waals surface area (Å²) >= 11 is 0. The van der Waals surface area contributed by atoms with E-state index in [0.29, 0.717) is 6.42 Å². The van der Waals surface area contributed by atoms with Crippen LogP contribution >= 0.6 is 0 Å². The van der Waals surface area contributed by atoms with Gasteiger partial charge in [-0.3, -0.25) is 14.5 Å². The molecule has 0 spiro atoms. The maximum Gasteiger partial charge on any atom is 0.308 e. The number of hydrogen-bond donors (Lipinski definition) is 0. The summed E-state index contributed by atoms with van der Waals surface area (Å²) < 4.78 is 10.5. The van der Waals surface area contributed by atoms with Crippen LogP contribution in [0.4, 0.5) is 0 Å². The molecule has 1 heterocycles. The van der Waals surface area contributed by atoms with Crippen LogP contribution in [0, 0.1) is 11.8 Å². The number of hydrogen-bond acceptors (Lipinski definition) is 5. The van der Waals surface area contributed by atoms with Crippen molar-refractivity contribution in [2.45, 2.75) is 78.0 Å². The van der Waals surface area contributed by atoms with Gasteiger partial charge in [-0.15, -0.1) is 0 Å². The smallest absolute Gasteiger partial charge is 0.308 e. The molecule has 0 saturated carbocycles. The molecule has 5 heteroatoms. The van der Waals surface area contributed by atoms with E-state index in [1.54, 1.807) is 6.92 Å². The Hall–Kier alpha value is -1.10. The monoisotopic (exact) mass is 327 g/mol. The third-order valence-electron chi connectivity index (χ3n) is 5.27. The molecule has 5 nitrogen and oxygen atoms in total. The summed E-state index contributed by atoms with van der Waals surface area (Å²) in [4.78, 5) is 26.2. The maximum absolute atomic E-state index is 12.4. The number of rotatable bonds is 5. The fraction of sp³-hybridized carbons (Fsp3) is 0.889. The van der Waals surface area contributed by atoms with Gasteiger partial charge in [0.15, 0.2) is 0 Å². The second kappa shape index (κ2) is 7.20. The number of carbonyl (C=O) groups is 2. The number of ether oxygens (including phenoxy) is 2. The molecule has 134 valence electrons. The lowest BCUT2D eigenvalue weighted by atomic mass is 9.78. The molecular formula is C18H33NO4. The molecule has 0 aliphatic carbocycles. The van der Waals surface area contributed by atoms with E-state index >= 15 is 0 Å². The molecule has 1 rings (SSSR count). The fourth-order valence-electron chi connectivity index (χ4n) is 3.57. The molecule has 2 unspecified atom stereocenters. The summed E-state index contributed by atoms with van der Waals surface area (Å²) in [5.74, 6) is -1.11. The zero-order valence-corrected chi connectivity index (χ0v) is 15.9. The van der Waals surface area contributed by atoms with Crippen molar-refractivity contribution in [1.82, 2.24) is 4.90 Å². The number of nitrogens with zero attached hydrogens (tertiary/aromatic N) is 1. The zero-order valence-electron chi connectivity index (χ0n) is 15.9. The molecule has 1 fully saturated rings. The number of esters is 2. The van der Waals surface area contributed by atoms with Crippen molar-refractivity contribution < 1.29 is 19.1 Å². The SMILES string of the molecule is COC(=O)C(C)CC(C)C(=O)OC1CC(C)(C)N(C)C(C)(C)C1. The van der Waals surface area contributed by atoms with E-state index in [4.69, 9.17) is 9.47 Å². The quantitative estimate of drug-likeness (QED) is 0.727. The van der Waals surface area contributed by atoms with Crippen molar-refractivity contribution in [3.05, 3.63) is 0 Å². The van der Waals surface area contributed by atoms with Crippen molar-refractivity contribution >= 4 is 11.9 Å². The highest BCUT2D eigenvalue weighted by molar-refractivity contribution is 5.75. The Morgan fingerprint density at radius 1 is 1.04 bits per heavy atom. The zero-order chi connectivity index (χ0) is 18.0. The summed E-state index contributed by atoms with van der Waals surface area (Å²) in [5.41, 5.74) is -0.0372. The molecule has 23 heavy (non-hydrogen) atoms. The number of methoxy groups -OCH3 is 1. The topological polar surface area (TPSA) is 55.8 Å². The van der Waals surface area contributed by atoms with Gasteiger partial charge in [-0.25, -0.2) is 0 Å². The molecule has 2 atom stereocenters. The van der Waals surface area contributed by atoms with E-state index in [-0.39, 0.29) is 41.0 Å². The van der Waals surface area contributed by atoms with Gasteiger partial charge in [-0.1, -0.05) is 13.8 Å². The minimum atomic E-state index is -0.310. The lowest BCUT2D eigenvalue weighted by molar-refractivity contribution is -0.164. The lowest BCUT2D eigenvalue weighted by Crippen LogP contribution is -2.60. The van der Waals surface area contributed by atoms with Crippen molar-refractivity contribution in [3.8, 4) is 0 Å². The van der Waals surface area contributed by atoms with Crippen LogP contribution in [0.1, 0.15) is 60.8 Å². The molecule has 1 aliphatic rings. The van der Waals surface area contributed by atoms with Gasteiger partial charge in [0.05, 0.1) is 18.9 Å². The molecule has 0 radical (unpaired) electrons. The Labute approximate surface area is 140 Å². The summed E-state index contributed by atoms with van der Waals surface area (Å²) in [6.45, 7) is 12.3. The van der Waals surface area contributed by atoms with Gasteiger partial charge in [-0.2, -0.15) is 0 Å². The van der Waals surface area contributed by atoms with Crippen LogP contribution in [0.25, 0.3) is 0 Å². The Morgan fingerprint density at radius 2 is 1.48 bits per heavy atom. The highest BCUT2D eigenvalue weighted by Gasteiger charge is 2.44. The van der Waals surface area contributed by atoms with Crippen molar-refractivity contribution in [1.29, 1.82) is 0 Å². The van der Waals surface area contributed by atoms with E-state index in [9.17, 15) is 9.59 Å². The third kappa shape index (κ3) is 4.93. The first kappa shape index (κ1) is 19.9. The minimum Gasteiger partial charge on any atom is -0.469 e. The van der Waals surface area contributed by atoms with E-state index in [1.807, 2.05) is 6.92 Å². The van der Waals surface area contributed by atoms with Crippen LogP contribution in [-0.2, 0) is 19.1 Å². The van der Waals surface area contributed by atoms with Crippen LogP contribution < -0.4 is 0 Å². The van der Waals surface area contributed by atoms with Gasteiger partial charge in [0.25, 0.3) is 0 Å². The predicted molar refractivity (Wildman–Crippen MR) is 90.0 cm³/mol. The Bertz CT molecular complexity index is 426. The van der Waals surface area contributed by atoms with Crippen molar-refractivity contribution in [2.75, 3.05) is 14.2 Å². The van der Waals surface area contributed by atoms with E-state index < -0.39 is 0 Å². The summed E-state index contributed by atoms with van der Waals surface area (Å²) in [5, 5.41) is 0. The van der Waals surface area contributed by atoms with Crippen molar-refractivity contribution in [2.24, 2.45) is 11.8 Å². The number of piperidine rings is 1.